The molecule has 2 aromatic rings. The van der Waals surface area contributed by atoms with E-state index in [1.165, 1.54) is 0 Å². The zero-order valence-corrected chi connectivity index (χ0v) is 9.15. The summed E-state index contributed by atoms with van der Waals surface area (Å²) in [6, 6.07) is 5.00. The van der Waals surface area contributed by atoms with Gasteiger partial charge in [-0.3, -0.25) is 4.68 Å². The summed E-state index contributed by atoms with van der Waals surface area (Å²) < 4.78 is 15.5. The van der Waals surface area contributed by atoms with E-state index in [0.29, 0.717) is 5.56 Å². The van der Waals surface area contributed by atoms with Gasteiger partial charge in [0.05, 0.1) is 11.9 Å². The van der Waals surface area contributed by atoms with Gasteiger partial charge < -0.3 is 5.73 Å². The molecule has 0 spiro atoms. The SMILES string of the molecule is CCCn1cc(-c2cccc(N)c2F)cn1. The Morgan fingerprint density at radius 3 is 3.00 bits per heavy atom. The van der Waals surface area contributed by atoms with E-state index in [1.807, 2.05) is 6.20 Å². The fourth-order valence-electron chi connectivity index (χ4n) is 1.63. The predicted octanol–water partition coefficient (Wildman–Crippen LogP) is 2.68. The summed E-state index contributed by atoms with van der Waals surface area (Å²) in [7, 11) is 0. The van der Waals surface area contributed by atoms with Gasteiger partial charge in [-0.2, -0.15) is 5.10 Å². The van der Waals surface area contributed by atoms with Crippen molar-refractivity contribution in [3.8, 4) is 11.1 Å². The summed E-state index contributed by atoms with van der Waals surface area (Å²) in [6.45, 7) is 2.91. The molecule has 84 valence electrons. The Kier molecular flexibility index (Phi) is 2.90. The van der Waals surface area contributed by atoms with Crippen LogP contribution >= 0.6 is 0 Å². The van der Waals surface area contributed by atoms with Gasteiger partial charge in [-0.05, 0) is 12.5 Å². The summed E-state index contributed by atoms with van der Waals surface area (Å²) in [5.74, 6) is -0.376. The molecule has 3 nitrogen and oxygen atoms in total. The monoisotopic (exact) mass is 219 g/mol. The standard InChI is InChI=1S/C12H14FN3/c1-2-6-16-8-9(7-15-16)10-4-3-5-11(14)12(10)13/h3-5,7-8H,2,6,14H2,1H3. The molecule has 0 aliphatic heterocycles. The van der Waals surface area contributed by atoms with Crippen LogP contribution < -0.4 is 5.73 Å². The molecule has 1 aromatic carbocycles. The molecule has 0 aliphatic rings. The fraction of sp³-hybridized carbons (Fsp3) is 0.250. The summed E-state index contributed by atoms with van der Waals surface area (Å²) in [6.07, 6.45) is 4.50. The number of anilines is 1. The van der Waals surface area contributed by atoms with Gasteiger partial charge in [-0.1, -0.05) is 19.1 Å². The third-order valence-electron chi connectivity index (χ3n) is 2.43. The van der Waals surface area contributed by atoms with E-state index in [9.17, 15) is 4.39 Å². The maximum absolute atomic E-state index is 13.7. The van der Waals surface area contributed by atoms with E-state index < -0.39 is 0 Å². The Bertz CT molecular complexity index is 491. The summed E-state index contributed by atoms with van der Waals surface area (Å²) in [5.41, 5.74) is 6.95. The Balaban J connectivity index is 2.39. The van der Waals surface area contributed by atoms with Gasteiger partial charge in [0.25, 0.3) is 0 Å². The molecule has 0 amide bonds. The van der Waals surface area contributed by atoms with Crippen LogP contribution in [-0.4, -0.2) is 9.78 Å². The lowest BCUT2D eigenvalue weighted by molar-refractivity contribution is 0.603. The molecule has 0 unspecified atom stereocenters. The highest BCUT2D eigenvalue weighted by atomic mass is 19.1. The molecular formula is C12H14FN3. The van der Waals surface area contributed by atoms with Gasteiger partial charge in [0.15, 0.2) is 5.82 Å². The van der Waals surface area contributed by atoms with Crippen LogP contribution in [-0.2, 0) is 6.54 Å². The van der Waals surface area contributed by atoms with Crippen molar-refractivity contribution in [2.75, 3.05) is 5.73 Å². The third-order valence-corrected chi connectivity index (χ3v) is 2.43. The molecule has 4 heteroatoms. The lowest BCUT2D eigenvalue weighted by Crippen LogP contribution is -1.95. The molecule has 16 heavy (non-hydrogen) atoms. The topological polar surface area (TPSA) is 43.8 Å². The molecule has 0 aliphatic carbocycles. The first-order chi connectivity index (χ1) is 7.72. The number of nitrogens with two attached hydrogens (primary N) is 1. The van der Waals surface area contributed by atoms with E-state index in [1.54, 1.807) is 29.1 Å². The van der Waals surface area contributed by atoms with Gasteiger partial charge >= 0.3 is 0 Å². The van der Waals surface area contributed by atoms with E-state index >= 15 is 0 Å². The van der Waals surface area contributed by atoms with E-state index in [0.717, 1.165) is 18.5 Å². The van der Waals surface area contributed by atoms with Gasteiger partial charge in [0.1, 0.15) is 0 Å². The number of hydrogen-bond donors (Lipinski definition) is 1. The molecule has 0 bridgehead atoms. The smallest absolute Gasteiger partial charge is 0.153 e. The maximum atomic E-state index is 13.7. The predicted molar refractivity (Wildman–Crippen MR) is 62.3 cm³/mol. The zero-order valence-electron chi connectivity index (χ0n) is 9.15. The molecular weight excluding hydrogens is 205 g/mol. The maximum Gasteiger partial charge on any atom is 0.153 e. The lowest BCUT2D eigenvalue weighted by atomic mass is 10.1. The van der Waals surface area contributed by atoms with Gasteiger partial charge in [0, 0.05) is 23.9 Å². The van der Waals surface area contributed by atoms with Crippen LogP contribution in [0.2, 0.25) is 0 Å². The van der Waals surface area contributed by atoms with Crippen molar-refractivity contribution in [2.24, 2.45) is 0 Å². The van der Waals surface area contributed by atoms with Crippen LogP contribution in [0.5, 0.6) is 0 Å². The second-order valence-corrected chi connectivity index (χ2v) is 3.70. The van der Waals surface area contributed by atoms with Crippen molar-refractivity contribution in [2.45, 2.75) is 19.9 Å². The van der Waals surface area contributed by atoms with Gasteiger partial charge in [-0.15, -0.1) is 0 Å². The molecule has 0 atom stereocenters. The number of nitrogens with zero attached hydrogens (tertiary/aromatic N) is 2. The van der Waals surface area contributed by atoms with Crippen molar-refractivity contribution >= 4 is 5.69 Å². The zero-order chi connectivity index (χ0) is 11.5. The Morgan fingerprint density at radius 1 is 1.44 bits per heavy atom. The molecule has 1 aromatic heterocycles. The van der Waals surface area contributed by atoms with Crippen LogP contribution in [0.3, 0.4) is 0 Å². The Morgan fingerprint density at radius 2 is 2.25 bits per heavy atom. The van der Waals surface area contributed by atoms with Crippen molar-refractivity contribution in [1.29, 1.82) is 0 Å². The Hall–Kier alpha value is -1.84. The number of rotatable bonds is 3. The Labute approximate surface area is 93.7 Å². The quantitative estimate of drug-likeness (QED) is 0.806. The summed E-state index contributed by atoms with van der Waals surface area (Å²) in [4.78, 5) is 0. The first-order valence-corrected chi connectivity index (χ1v) is 5.29. The normalized spacial score (nSPS) is 10.6. The van der Waals surface area contributed by atoms with E-state index in [4.69, 9.17) is 5.73 Å². The first-order valence-electron chi connectivity index (χ1n) is 5.29. The molecule has 2 N–H and O–H groups in total. The highest BCUT2D eigenvalue weighted by Gasteiger charge is 2.09. The van der Waals surface area contributed by atoms with Crippen molar-refractivity contribution in [3.63, 3.8) is 0 Å². The lowest BCUT2D eigenvalue weighted by Gasteiger charge is -2.02. The highest BCUT2D eigenvalue weighted by molar-refractivity contribution is 5.67. The summed E-state index contributed by atoms with van der Waals surface area (Å²) in [5, 5.41) is 4.16. The van der Waals surface area contributed by atoms with Crippen LogP contribution in [0, 0.1) is 5.82 Å². The van der Waals surface area contributed by atoms with Gasteiger partial charge in [0.2, 0.25) is 0 Å². The number of hydrogen-bond acceptors (Lipinski definition) is 2. The fourth-order valence-corrected chi connectivity index (χ4v) is 1.63. The molecule has 0 fully saturated rings. The first kappa shape index (κ1) is 10.7. The minimum absolute atomic E-state index is 0.167. The third kappa shape index (κ3) is 1.91. The molecule has 1 heterocycles. The second kappa shape index (κ2) is 4.35. The van der Waals surface area contributed by atoms with Crippen molar-refractivity contribution in [3.05, 3.63) is 36.4 Å². The molecule has 2 rings (SSSR count). The highest BCUT2D eigenvalue weighted by Crippen LogP contribution is 2.25. The average molecular weight is 219 g/mol. The van der Waals surface area contributed by atoms with Crippen LogP contribution in [0.25, 0.3) is 11.1 Å². The van der Waals surface area contributed by atoms with Crippen LogP contribution in [0.15, 0.2) is 30.6 Å². The average Bonchev–Trinajstić information content (AvgIpc) is 2.71. The van der Waals surface area contributed by atoms with Crippen LogP contribution in [0.4, 0.5) is 10.1 Å². The van der Waals surface area contributed by atoms with Gasteiger partial charge in [-0.25, -0.2) is 4.39 Å². The molecule has 0 saturated heterocycles. The largest absolute Gasteiger partial charge is 0.396 e. The minimum atomic E-state index is -0.376. The van der Waals surface area contributed by atoms with E-state index in [-0.39, 0.29) is 11.5 Å². The number of aromatic nitrogens is 2. The minimum Gasteiger partial charge on any atom is -0.396 e. The van der Waals surface area contributed by atoms with E-state index in [2.05, 4.69) is 12.0 Å². The van der Waals surface area contributed by atoms with Crippen molar-refractivity contribution in [1.82, 2.24) is 9.78 Å². The molecule has 0 radical (unpaired) electrons. The number of halogens is 1. The molecule has 0 saturated carbocycles. The second-order valence-electron chi connectivity index (χ2n) is 3.70. The van der Waals surface area contributed by atoms with Crippen molar-refractivity contribution < 1.29 is 4.39 Å². The van der Waals surface area contributed by atoms with Crippen LogP contribution in [0.1, 0.15) is 13.3 Å². The number of nitrogen functional groups attached to an aromatic ring is 1. The number of aryl methyl sites for hydroxylation is 1. The summed E-state index contributed by atoms with van der Waals surface area (Å²) >= 11 is 0. The number of benzene rings is 1.